The molecule has 1 aromatic rings. The van der Waals surface area contributed by atoms with Crippen LogP contribution in [0.2, 0.25) is 0 Å². The molecule has 2 fully saturated rings. The maximum atomic E-state index is 13.8. The van der Waals surface area contributed by atoms with Gasteiger partial charge in [-0.25, -0.2) is 4.39 Å². The normalized spacial score (nSPS) is 29.6. The van der Waals surface area contributed by atoms with Crippen LogP contribution in [-0.2, 0) is 0 Å². The van der Waals surface area contributed by atoms with E-state index >= 15 is 0 Å². The van der Waals surface area contributed by atoms with Crippen LogP contribution in [0.1, 0.15) is 88.2 Å². The van der Waals surface area contributed by atoms with Crippen LogP contribution in [0.15, 0.2) is 30.4 Å². The lowest BCUT2D eigenvalue weighted by molar-refractivity contribution is 0.278. The van der Waals surface area contributed by atoms with Gasteiger partial charge in [-0.2, -0.15) is 5.26 Å². The number of rotatable bonds is 5. The van der Waals surface area contributed by atoms with Crippen molar-refractivity contribution in [2.45, 2.75) is 77.0 Å². The zero-order valence-corrected chi connectivity index (χ0v) is 16.1. The lowest BCUT2D eigenvalue weighted by atomic mass is 9.78. The largest absolute Gasteiger partial charge is 0.206 e. The maximum absolute atomic E-state index is 13.8. The Bertz CT molecular complexity index is 641. The average molecular weight is 354 g/mol. The zero-order chi connectivity index (χ0) is 18.4. The van der Waals surface area contributed by atoms with E-state index in [1.807, 2.05) is 12.1 Å². The van der Waals surface area contributed by atoms with Gasteiger partial charge in [0.05, 0.1) is 5.56 Å². The van der Waals surface area contributed by atoms with E-state index in [0.29, 0.717) is 11.8 Å². The lowest BCUT2D eigenvalue weighted by Gasteiger charge is -2.27. The van der Waals surface area contributed by atoms with E-state index in [0.717, 1.165) is 30.2 Å². The molecule has 140 valence electrons. The molecule has 0 amide bonds. The Balaban J connectivity index is 1.39. The highest BCUT2D eigenvalue weighted by Gasteiger charge is 2.22. The van der Waals surface area contributed by atoms with Gasteiger partial charge in [-0.1, -0.05) is 50.8 Å². The highest BCUT2D eigenvalue weighted by Crippen LogP contribution is 2.37. The predicted octanol–water partition coefficient (Wildman–Crippen LogP) is 7.13. The maximum Gasteiger partial charge on any atom is 0.141 e. The molecule has 0 N–H and O–H groups in total. The molecule has 3 rings (SSSR count). The van der Waals surface area contributed by atoms with E-state index in [1.54, 1.807) is 12.1 Å². The minimum absolute atomic E-state index is 0.151. The standard InChI is InChI=1S/C24H32FN/c1-18-6-8-19(9-7-18)4-2-3-5-20-10-12-21(13-11-20)22-14-15-23(17-26)24(25)16-22/h3,5,14-16,18-21H,2,4,6-13H2,1H3/b5-3+. The van der Waals surface area contributed by atoms with Crippen LogP contribution >= 0.6 is 0 Å². The first kappa shape index (κ1) is 19.2. The van der Waals surface area contributed by atoms with Crippen molar-refractivity contribution in [1.29, 1.82) is 5.26 Å². The summed E-state index contributed by atoms with van der Waals surface area (Å²) in [5, 5.41) is 8.85. The summed E-state index contributed by atoms with van der Waals surface area (Å²) < 4.78 is 13.8. The summed E-state index contributed by atoms with van der Waals surface area (Å²) in [6, 6.07) is 7.04. The van der Waals surface area contributed by atoms with Crippen LogP contribution in [0, 0.1) is 34.9 Å². The highest BCUT2D eigenvalue weighted by molar-refractivity contribution is 5.35. The molecule has 0 heterocycles. The Labute approximate surface area is 158 Å². The molecular weight excluding hydrogens is 321 g/mol. The number of allylic oxidation sites excluding steroid dienone is 2. The SMILES string of the molecule is CC1CCC(CC/C=C/C2CCC(c3ccc(C#N)c(F)c3)CC2)CC1. The van der Waals surface area contributed by atoms with Crippen molar-refractivity contribution in [2.75, 3.05) is 0 Å². The molecule has 2 saturated carbocycles. The summed E-state index contributed by atoms with van der Waals surface area (Å²) >= 11 is 0. The summed E-state index contributed by atoms with van der Waals surface area (Å²) in [6.45, 7) is 2.39. The number of benzene rings is 1. The Morgan fingerprint density at radius 1 is 1.08 bits per heavy atom. The lowest BCUT2D eigenvalue weighted by Crippen LogP contribution is -2.12. The quantitative estimate of drug-likeness (QED) is 0.516. The fourth-order valence-electron chi connectivity index (χ4n) is 4.76. The molecule has 1 nitrogen and oxygen atoms in total. The fourth-order valence-corrected chi connectivity index (χ4v) is 4.76. The Kier molecular flexibility index (Phi) is 6.89. The van der Waals surface area contributed by atoms with Crippen molar-refractivity contribution >= 4 is 0 Å². The molecule has 0 aliphatic heterocycles. The van der Waals surface area contributed by atoms with Gasteiger partial charge in [0.15, 0.2) is 0 Å². The Morgan fingerprint density at radius 2 is 1.81 bits per heavy atom. The molecular formula is C24H32FN. The van der Waals surface area contributed by atoms with E-state index in [-0.39, 0.29) is 11.4 Å². The topological polar surface area (TPSA) is 23.8 Å². The van der Waals surface area contributed by atoms with Crippen molar-refractivity contribution in [1.82, 2.24) is 0 Å². The van der Waals surface area contributed by atoms with Gasteiger partial charge >= 0.3 is 0 Å². The highest BCUT2D eigenvalue weighted by atomic mass is 19.1. The summed E-state index contributed by atoms with van der Waals surface area (Å²) in [5.41, 5.74) is 1.22. The number of hydrogen-bond acceptors (Lipinski definition) is 1. The number of hydrogen-bond donors (Lipinski definition) is 0. The van der Waals surface area contributed by atoms with Crippen molar-refractivity contribution in [2.24, 2.45) is 17.8 Å². The molecule has 0 radical (unpaired) electrons. The molecule has 0 aromatic heterocycles. The zero-order valence-electron chi connectivity index (χ0n) is 16.1. The van der Waals surface area contributed by atoms with E-state index in [4.69, 9.17) is 5.26 Å². The second kappa shape index (κ2) is 9.36. The molecule has 2 heteroatoms. The van der Waals surface area contributed by atoms with Crippen LogP contribution in [0.25, 0.3) is 0 Å². The molecule has 26 heavy (non-hydrogen) atoms. The van der Waals surface area contributed by atoms with E-state index < -0.39 is 0 Å². The summed E-state index contributed by atoms with van der Waals surface area (Å²) in [7, 11) is 0. The van der Waals surface area contributed by atoms with Crippen LogP contribution < -0.4 is 0 Å². The van der Waals surface area contributed by atoms with Gasteiger partial charge in [0.1, 0.15) is 11.9 Å². The molecule has 0 saturated heterocycles. The average Bonchev–Trinajstić information content (AvgIpc) is 2.67. The molecule has 0 atom stereocenters. The fraction of sp³-hybridized carbons (Fsp3) is 0.625. The van der Waals surface area contributed by atoms with Gasteiger partial charge in [-0.05, 0) is 79.9 Å². The minimum atomic E-state index is -0.371. The number of nitrogens with zero attached hydrogens (tertiary/aromatic N) is 1. The van der Waals surface area contributed by atoms with Crippen molar-refractivity contribution in [3.05, 3.63) is 47.3 Å². The Morgan fingerprint density at radius 3 is 2.46 bits per heavy atom. The van der Waals surface area contributed by atoms with E-state index in [1.165, 1.54) is 51.4 Å². The molecule has 0 bridgehead atoms. The molecule has 1 aromatic carbocycles. The summed E-state index contributed by atoms with van der Waals surface area (Å²) in [6.07, 6.45) is 17.8. The van der Waals surface area contributed by atoms with Gasteiger partial charge in [0.2, 0.25) is 0 Å². The monoisotopic (exact) mass is 353 g/mol. The van der Waals surface area contributed by atoms with Crippen LogP contribution in [0.3, 0.4) is 0 Å². The molecule has 2 aliphatic carbocycles. The third kappa shape index (κ3) is 5.19. The van der Waals surface area contributed by atoms with Crippen LogP contribution in [0.4, 0.5) is 4.39 Å². The molecule has 2 aliphatic rings. The summed E-state index contributed by atoms with van der Waals surface area (Å²) in [4.78, 5) is 0. The third-order valence-electron chi connectivity index (χ3n) is 6.64. The van der Waals surface area contributed by atoms with E-state index in [9.17, 15) is 4.39 Å². The van der Waals surface area contributed by atoms with E-state index in [2.05, 4.69) is 19.1 Å². The predicted molar refractivity (Wildman–Crippen MR) is 105 cm³/mol. The van der Waals surface area contributed by atoms with Crippen LogP contribution in [0.5, 0.6) is 0 Å². The minimum Gasteiger partial charge on any atom is -0.206 e. The van der Waals surface area contributed by atoms with Crippen LogP contribution in [-0.4, -0.2) is 0 Å². The third-order valence-corrected chi connectivity index (χ3v) is 6.64. The van der Waals surface area contributed by atoms with Gasteiger partial charge in [0, 0.05) is 0 Å². The van der Waals surface area contributed by atoms with Gasteiger partial charge in [-0.3, -0.25) is 0 Å². The number of halogens is 1. The first-order valence-electron chi connectivity index (χ1n) is 10.5. The van der Waals surface area contributed by atoms with Crippen molar-refractivity contribution in [3.8, 4) is 6.07 Å². The second-order valence-electron chi connectivity index (χ2n) is 8.59. The Hall–Kier alpha value is -1.62. The molecule has 0 spiro atoms. The van der Waals surface area contributed by atoms with Gasteiger partial charge in [0.25, 0.3) is 0 Å². The number of nitriles is 1. The first-order valence-corrected chi connectivity index (χ1v) is 10.5. The molecule has 0 unspecified atom stereocenters. The van der Waals surface area contributed by atoms with Crippen molar-refractivity contribution in [3.63, 3.8) is 0 Å². The van der Waals surface area contributed by atoms with Gasteiger partial charge in [-0.15, -0.1) is 0 Å². The summed E-state index contributed by atoms with van der Waals surface area (Å²) in [5.74, 6) is 2.68. The second-order valence-corrected chi connectivity index (χ2v) is 8.59. The smallest absolute Gasteiger partial charge is 0.141 e. The van der Waals surface area contributed by atoms with Crippen molar-refractivity contribution < 1.29 is 4.39 Å². The first-order chi connectivity index (χ1) is 12.7. The van der Waals surface area contributed by atoms with Gasteiger partial charge < -0.3 is 0 Å².